The van der Waals surface area contributed by atoms with E-state index in [1.807, 2.05) is 38.1 Å². The largest absolute Gasteiger partial charge is 0.451 e. The monoisotopic (exact) mass is 685 g/mol. The number of hydrogen-bond acceptors (Lipinski definition) is 10. The highest BCUT2D eigenvalue weighted by Gasteiger charge is 2.40. The second-order valence-corrected chi connectivity index (χ2v) is 15.0. The van der Waals surface area contributed by atoms with E-state index in [1.165, 1.54) is 18.2 Å². The van der Waals surface area contributed by atoms with Crippen LogP contribution < -0.4 is 20.1 Å². The predicted molar refractivity (Wildman–Crippen MR) is 184 cm³/mol. The second kappa shape index (κ2) is 13.1. The topological polar surface area (TPSA) is 165 Å². The second-order valence-electron chi connectivity index (χ2n) is 13.3. The zero-order valence-corrected chi connectivity index (χ0v) is 28.8. The van der Waals surface area contributed by atoms with Crippen molar-refractivity contribution in [2.24, 2.45) is 0 Å². The number of benzene rings is 2. The first-order valence-electron chi connectivity index (χ1n) is 15.9. The molecule has 4 aromatic rings. The molecule has 1 saturated heterocycles. The molecule has 1 fully saturated rings. The van der Waals surface area contributed by atoms with Crippen molar-refractivity contribution in [1.29, 1.82) is 0 Å². The lowest BCUT2D eigenvalue weighted by atomic mass is 9.98. The van der Waals surface area contributed by atoms with Gasteiger partial charge in [0.15, 0.2) is 5.72 Å². The van der Waals surface area contributed by atoms with Gasteiger partial charge < -0.3 is 14.8 Å². The number of pyridine rings is 1. The number of nitrogens with zero attached hydrogens (tertiary/aromatic N) is 4. The Morgan fingerprint density at radius 2 is 1.73 bits per heavy atom. The summed E-state index contributed by atoms with van der Waals surface area (Å²) in [5.41, 5.74) is 2.57. The van der Waals surface area contributed by atoms with Crippen LogP contribution in [0.3, 0.4) is 0 Å². The van der Waals surface area contributed by atoms with Crippen molar-refractivity contribution in [2.75, 3.05) is 23.1 Å². The van der Waals surface area contributed by atoms with Gasteiger partial charge in [0, 0.05) is 55.9 Å². The molecule has 13 nitrogen and oxygen atoms in total. The minimum atomic E-state index is -4.13. The number of likely N-dealkylation sites (tertiary alicyclic amines) is 1. The Hall–Kier alpha value is -5.08. The Bertz CT molecular complexity index is 1980. The van der Waals surface area contributed by atoms with Crippen LogP contribution in [0.2, 0.25) is 0 Å². The van der Waals surface area contributed by atoms with Gasteiger partial charge in [0.2, 0.25) is 11.8 Å². The van der Waals surface area contributed by atoms with Crippen molar-refractivity contribution < 1.29 is 27.5 Å². The van der Waals surface area contributed by atoms with Gasteiger partial charge in [0.1, 0.15) is 11.4 Å². The number of nitrogens with one attached hydrogen (secondary N) is 3. The fraction of sp³-hybridized carbons (Fsp3) is 0.343. The molecule has 2 aromatic carbocycles. The van der Waals surface area contributed by atoms with Crippen LogP contribution in [-0.4, -0.2) is 64.7 Å². The van der Waals surface area contributed by atoms with Gasteiger partial charge in [0.25, 0.3) is 15.9 Å². The average Bonchev–Trinajstić information content (AvgIpc) is 3.01. The van der Waals surface area contributed by atoms with E-state index in [0.717, 1.165) is 22.3 Å². The van der Waals surface area contributed by atoms with E-state index >= 15 is 0 Å². The van der Waals surface area contributed by atoms with E-state index in [1.54, 1.807) is 45.2 Å². The highest BCUT2D eigenvalue weighted by atomic mass is 32.2. The molecule has 4 bridgehead atoms. The molecule has 0 radical (unpaired) electrons. The van der Waals surface area contributed by atoms with Gasteiger partial charge >= 0.3 is 6.09 Å². The number of amides is 2. The third-order valence-electron chi connectivity index (χ3n) is 8.24. The number of carbonyl (C=O) groups excluding carboxylic acids is 2. The lowest BCUT2D eigenvalue weighted by Gasteiger charge is -2.42. The maximum atomic E-state index is 13.6. The Balaban J connectivity index is 1.27. The molecule has 2 amide bonds. The summed E-state index contributed by atoms with van der Waals surface area (Å²) in [6.45, 7) is 11.0. The fourth-order valence-electron chi connectivity index (χ4n) is 5.92. The number of rotatable bonds is 4. The number of piperidine rings is 1. The zero-order chi connectivity index (χ0) is 35.0. The maximum absolute atomic E-state index is 13.6. The normalized spacial score (nSPS) is 17.0. The molecule has 256 valence electrons. The van der Waals surface area contributed by atoms with E-state index in [9.17, 15) is 18.0 Å². The van der Waals surface area contributed by atoms with Crippen LogP contribution in [0.4, 0.5) is 16.6 Å². The van der Waals surface area contributed by atoms with E-state index in [0.29, 0.717) is 44.0 Å². The molecule has 6 rings (SSSR count). The van der Waals surface area contributed by atoms with Gasteiger partial charge in [-0.15, -0.1) is 0 Å². The Kier molecular flexibility index (Phi) is 9.03. The van der Waals surface area contributed by atoms with E-state index in [2.05, 4.69) is 35.2 Å². The number of ether oxygens (including phenoxy) is 2. The van der Waals surface area contributed by atoms with Crippen LogP contribution in [0.25, 0.3) is 11.3 Å². The predicted octanol–water partition coefficient (Wildman–Crippen LogP) is 5.42. The van der Waals surface area contributed by atoms with E-state index in [-0.39, 0.29) is 22.3 Å². The summed E-state index contributed by atoms with van der Waals surface area (Å²) in [6.07, 6.45) is 1.95. The number of aryl methyl sites for hydroxylation is 2. The molecule has 4 heterocycles. The molecule has 2 aliphatic rings. The molecule has 49 heavy (non-hydrogen) atoms. The third-order valence-corrected chi connectivity index (χ3v) is 9.56. The van der Waals surface area contributed by atoms with Crippen LogP contribution in [0, 0.1) is 13.8 Å². The Labute approximate surface area is 285 Å². The first-order valence-corrected chi connectivity index (χ1v) is 17.4. The number of hydrogen-bond donors (Lipinski definition) is 3. The summed E-state index contributed by atoms with van der Waals surface area (Å²) in [4.78, 5) is 41.3. The quantitative estimate of drug-likeness (QED) is 0.253. The number of carbonyl (C=O) groups is 2. The zero-order valence-electron chi connectivity index (χ0n) is 28.0. The van der Waals surface area contributed by atoms with Crippen molar-refractivity contribution in [3.05, 3.63) is 89.1 Å². The number of fused-ring (bicyclic) bond motifs is 4. The minimum absolute atomic E-state index is 0.0888. The van der Waals surface area contributed by atoms with E-state index in [4.69, 9.17) is 9.47 Å². The number of sulfonamides is 1. The minimum Gasteiger partial charge on any atom is -0.451 e. The van der Waals surface area contributed by atoms with Crippen molar-refractivity contribution in [2.45, 2.75) is 70.2 Å². The SMILES string of the molecule is Cc1cccc(C)c1-c1cc2nc(n1)NS(=O)(=O)c1cccc(c1)C(=O)NC1(CCN(Cc3ccc(NC(=O)OC(C)(C)C)nc3)CC1)O2. The Morgan fingerprint density at radius 3 is 2.41 bits per heavy atom. The van der Waals surface area contributed by atoms with Crippen molar-refractivity contribution in [1.82, 2.24) is 25.2 Å². The Morgan fingerprint density at radius 1 is 1.02 bits per heavy atom. The molecule has 0 aliphatic carbocycles. The molecular weight excluding hydrogens is 646 g/mol. The van der Waals surface area contributed by atoms with Gasteiger partial charge in [-0.05, 0) is 75.6 Å². The summed E-state index contributed by atoms with van der Waals surface area (Å²) in [5.74, 6) is -0.0962. The lowest BCUT2D eigenvalue weighted by Crippen LogP contribution is -2.59. The summed E-state index contributed by atoms with van der Waals surface area (Å²) < 4.78 is 41.1. The van der Waals surface area contributed by atoms with Crippen LogP contribution in [0.1, 0.15) is 60.7 Å². The van der Waals surface area contributed by atoms with Crippen molar-refractivity contribution in [3.8, 4) is 17.1 Å². The molecule has 3 N–H and O–H groups in total. The van der Waals surface area contributed by atoms with Crippen LogP contribution in [0.15, 0.2) is 71.8 Å². The van der Waals surface area contributed by atoms with Crippen LogP contribution in [-0.2, 0) is 21.3 Å². The molecule has 14 heteroatoms. The molecule has 0 unspecified atom stereocenters. The summed E-state index contributed by atoms with van der Waals surface area (Å²) in [5, 5.41) is 5.72. The smallest absolute Gasteiger partial charge is 0.413 e. The van der Waals surface area contributed by atoms with Crippen LogP contribution in [0.5, 0.6) is 5.88 Å². The van der Waals surface area contributed by atoms with Gasteiger partial charge in [-0.3, -0.25) is 15.0 Å². The summed E-state index contributed by atoms with van der Waals surface area (Å²) >= 11 is 0. The molecule has 2 aliphatic heterocycles. The van der Waals surface area contributed by atoms with Crippen molar-refractivity contribution >= 4 is 33.8 Å². The first-order chi connectivity index (χ1) is 23.2. The molecule has 0 atom stereocenters. The maximum Gasteiger partial charge on any atom is 0.413 e. The van der Waals surface area contributed by atoms with Crippen LogP contribution >= 0.6 is 0 Å². The fourth-order valence-corrected chi connectivity index (χ4v) is 6.90. The van der Waals surface area contributed by atoms with Gasteiger partial charge in [-0.1, -0.05) is 30.3 Å². The third kappa shape index (κ3) is 7.98. The molecule has 2 aromatic heterocycles. The molecule has 1 spiro atoms. The average molecular weight is 686 g/mol. The highest BCUT2D eigenvalue weighted by Crippen LogP contribution is 2.33. The van der Waals surface area contributed by atoms with Crippen molar-refractivity contribution in [3.63, 3.8) is 0 Å². The van der Waals surface area contributed by atoms with Gasteiger partial charge in [-0.2, -0.15) is 4.98 Å². The highest BCUT2D eigenvalue weighted by molar-refractivity contribution is 7.92. The number of anilines is 2. The first kappa shape index (κ1) is 33.8. The number of aromatic nitrogens is 3. The lowest BCUT2D eigenvalue weighted by molar-refractivity contribution is -0.0258. The van der Waals surface area contributed by atoms with Gasteiger partial charge in [0.05, 0.1) is 10.6 Å². The van der Waals surface area contributed by atoms with Gasteiger partial charge in [-0.25, -0.2) is 27.9 Å². The summed E-state index contributed by atoms with van der Waals surface area (Å²) in [7, 11) is -4.13. The van der Waals surface area contributed by atoms with E-state index < -0.39 is 33.3 Å². The molecule has 0 saturated carbocycles. The molecular formula is C35H39N7O6S. The standard InChI is InChI=1S/C35H39N7O6S/c1-22-8-6-9-23(2)30(22)27-19-29-39-32(37-27)41-49(45,46)26-11-7-10-25(18-26)31(43)40-35(47-29)14-16-42(17-15-35)21-24-12-13-28(36-20-24)38-33(44)48-34(3,4)5/h6-13,18-20H,14-17,21H2,1-5H3,(H,40,43)(H,36,38,44)(H,37,39,41). The summed E-state index contributed by atoms with van der Waals surface area (Å²) in [6, 6.07) is 17.0.